The van der Waals surface area contributed by atoms with Crippen molar-refractivity contribution < 1.29 is 119 Å². The maximum atomic E-state index is 15.4. The highest BCUT2D eigenvalue weighted by atomic mass is 35.6. The van der Waals surface area contributed by atoms with Gasteiger partial charge in [-0.1, -0.05) is 141 Å². The lowest BCUT2D eigenvalue weighted by Crippen LogP contribution is -2.71. The Kier molecular flexibility index (Phi) is 29.1. The Hall–Kier alpha value is -8.68. The SMILES string of the molecule is CC(=O)OC[C@H]1O[C@@H](O[C@H]2[C@@H](OC(=O)c3ccccc3)[C@@H](COC(=O)c3ccc(Cl)cc3)O[C@@H](O[C@H]3[C@H](OC(=O)c4ccc(Cl)cc4)[C@@H](OC(=O)c4ccc(Cl)cc4)[C@H](OCc4ccccc4)O[C@@H]3COC(=O)c3ccc(Cl)cc3)[C@@H]2OC(=O)c2ccc(Cl)cc2)[C@H](NC(=O)C(Cl)(Cl)Cl)[C@@H](OC(C)=O)[C@@H]1OC(C)=O. The third kappa shape index (κ3) is 22.8. The molecule has 0 spiro atoms. The fourth-order valence-corrected chi connectivity index (χ4v) is 12.1. The molecule has 34 heteroatoms. The molecule has 0 bridgehead atoms. The van der Waals surface area contributed by atoms with E-state index in [2.05, 4.69) is 5.32 Å². The van der Waals surface area contributed by atoms with Gasteiger partial charge in [0.2, 0.25) is 0 Å². The number of hydrogen-bond acceptors (Lipinski definition) is 25. The van der Waals surface area contributed by atoms with Crippen molar-refractivity contribution in [2.45, 2.75) is 123 Å². The smallest absolute Gasteiger partial charge is 0.338 e. The van der Waals surface area contributed by atoms with Crippen molar-refractivity contribution >= 4 is 152 Å². The lowest BCUT2D eigenvalue weighted by molar-refractivity contribution is -0.373. The second kappa shape index (κ2) is 38.3. The largest absolute Gasteiger partial charge is 0.463 e. The van der Waals surface area contributed by atoms with Crippen LogP contribution in [0.4, 0.5) is 0 Å². The Morgan fingerprint density at radius 2 is 0.670 bits per heavy atom. The van der Waals surface area contributed by atoms with Crippen molar-refractivity contribution in [2.24, 2.45) is 0 Å². The molecule has 10 rings (SSSR count). The molecule has 0 unspecified atom stereocenters. The minimum absolute atomic E-state index is 0.0506. The van der Waals surface area contributed by atoms with Crippen LogP contribution >= 0.6 is 92.8 Å². The third-order valence-electron chi connectivity index (χ3n) is 16.4. The van der Waals surface area contributed by atoms with Gasteiger partial charge < -0.3 is 76.4 Å². The van der Waals surface area contributed by atoms with E-state index < -0.39 is 175 Å². The van der Waals surface area contributed by atoms with Gasteiger partial charge in [-0.15, -0.1) is 0 Å². The fourth-order valence-electron chi connectivity index (χ4n) is 11.3. The maximum absolute atomic E-state index is 15.4. The summed E-state index contributed by atoms with van der Waals surface area (Å²) in [5.74, 6) is -11.4. The van der Waals surface area contributed by atoms with Crippen molar-refractivity contribution in [2.75, 3.05) is 19.8 Å². The summed E-state index contributed by atoms with van der Waals surface area (Å²) in [6, 6.07) is 40.3. The summed E-state index contributed by atoms with van der Waals surface area (Å²) < 4.78 is 92.9. The van der Waals surface area contributed by atoms with Gasteiger partial charge in [0, 0.05) is 45.9 Å². The highest BCUT2D eigenvalue weighted by Crippen LogP contribution is 2.40. The first kappa shape index (κ1) is 82.8. The van der Waals surface area contributed by atoms with Crippen molar-refractivity contribution in [3.63, 3.8) is 0 Å². The van der Waals surface area contributed by atoms with Gasteiger partial charge in [-0.2, -0.15) is 0 Å². The zero-order chi connectivity index (χ0) is 78.2. The molecule has 7 aromatic carbocycles. The number of alkyl halides is 3. The predicted molar refractivity (Wildman–Crippen MR) is 388 cm³/mol. The first-order valence-electron chi connectivity index (χ1n) is 32.8. The average Bonchev–Trinajstić information content (AvgIpc) is 0.756. The van der Waals surface area contributed by atoms with Crippen molar-refractivity contribution in [1.82, 2.24) is 5.32 Å². The fraction of sp³-hybridized carbons (Fsp3) is 0.307. The number of ether oxygens (including phenoxy) is 15. The molecular weight excluding hydrogens is 1600 g/mol. The second-order valence-electron chi connectivity index (χ2n) is 24.2. The average molecular weight is 1660 g/mol. The van der Waals surface area contributed by atoms with Crippen molar-refractivity contribution in [3.05, 3.63) is 246 Å². The molecule has 574 valence electrons. The minimum Gasteiger partial charge on any atom is -0.463 e. The summed E-state index contributed by atoms with van der Waals surface area (Å²) in [4.78, 5) is 143. The van der Waals surface area contributed by atoms with Gasteiger partial charge in [-0.3, -0.25) is 19.2 Å². The molecule has 3 saturated heterocycles. The molecule has 7 aromatic rings. The lowest BCUT2D eigenvalue weighted by atomic mass is 9.94. The summed E-state index contributed by atoms with van der Waals surface area (Å²) >= 11 is 50.2. The van der Waals surface area contributed by atoms with Crippen LogP contribution in [0, 0.1) is 0 Å². The van der Waals surface area contributed by atoms with Gasteiger partial charge in [0.15, 0.2) is 55.5 Å². The van der Waals surface area contributed by atoms with E-state index in [1.807, 2.05) is 0 Å². The van der Waals surface area contributed by atoms with Gasteiger partial charge >= 0.3 is 53.7 Å². The van der Waals surface area contributed by atoms with E-state index in [-0.39, 0.29) is 65.1 Å². The number of rotatable bonds is 26. The molecule has 0 radical (unpaired) electrons. The number of benzene rings is 7. The van der Waals surface area contributed by atoms with Gasteiger partial charge in [-0.05, 0) is 139 Å². The quantitative estimate of drug-likeness (QED) is 0.0299. The molecule has 3 aliphatic rings. The van der Waals surface area contributed by atoms with Crippen LogP contribution < -0.4 is 5.32 Å². The Morgan fingerprint density at radius 1 is 0.339 bits per heavy atom. The monoisotopic (exact) mass is 1660 g/mol. The van der Waals surface area contributed by atoms with Gasteiger partial charge in [0.1, 0.15) is 56.4 Å². The number of carbonyl (C=O) groups is 10. The lowest BCUT2D eigenvalue weighted by Gasteiger charge is -2.51. The van der Waals surface area contributed by atoms with E-state index in [1.165, 1.54) is 146 Å². The highest BCUT2D eigenvalue weighted by Gasteiger charge is 2.61. The Bertz CT molecular complexity index is 4360. The molecule has 0 aliphatic carbocycles. The van der Waals surface area contributed by atoms with E-state index in [1.54, 1.807) is 36.4 Å². The van der Waals surface area contributed by atoms with E-state index >= 15 is 14.4 Å². The van der Waals surface area contributed by atoms with Crippen LogP contribution in [-0.4, -0.2) is 175 Å². The number of amides is 1. The number of carbonyl (C=O) groups excluding carboxylic acids is 10. The summed E-state index contributed by atoms with van der Waals surface area (Å²) in [5.41, 5.74) is -0.343. The van der Waals surface area contributed by atoms with Crippen molar-refractivity contribution in [1.29, 1.82) is 0 Å². The number of esters is 9. The predicted octanol–water partition coefficient (Wildman–Crippen LogP) is 12.3. The van der Waals surface area contributed by atoms with Crippen LogP contribution in [0.25, 0.3) is 0 Å². The summed E-state index contributed by atoms with van der Waals surface area (Å²) in [6.07, 6.45) is -29.5. The molecule has 1 N–H and O–H groups in total. The van der Waals surface area contributed by atoms with Gasteiger partial charge in [-0.25, -0.2) is 28.8 Å². The minimum atomic E-state index is -2.89. The van der Waals surface area contributed by atoms with Gasteiger partial charge in [0.05, 0.1) is 40.0 Å². The molecule has 0 saturated carbocycles. The molecule has 26 nitrogen and oxygen atoms in total. The Morgan fingerprint density at radius 3 is 1.09 bits per heavy atom. The van der Waals surface area contributed by atoms with Crippen LogP contribution in [0.15, 0.2) is 182 Å². The molecule has 3 fully saturated rings. The van der Waals surface area contributed by atoms with Gasteiger partial charge in [0.25, 0.3) is 9.70 Å². The molecule has 3 heterocycles. The Labute approximate surface area is 661 Å². The topological polar surface area (TPSA) is 321 Å². The highest BCUT2D eigenvalue weighted by molar-refractivity contribution is 6.76. The van der Waals surface area contributed by atoms with Crippen LogP contribution in [0.5, 0.6) is 0 Å². The number of nitrogens with one attached hydrogen (secondary N) is 1. The zero-order valence-corrected chi connectivity index (χ0v) is 63.1. The van der Waals surface area contributed by atoms with E-state index in [9.17, 15) is 33.6 Å². The molecule has 3 aliphatic heterocycles. The van der Waals surface area contributed by atoms with Crippen LogP contribution in [0.3, 0.4) is 0 Å². The van der Waals surface area contributed by atoms with E-state index in [4.69, 9.17) is 164 Å². The van der Waals surface area contributed by atoms with Crippen LogP contribution in [0.2, 0.25) is 25.1 Å². The van der Waals surface area contributed by atoms with E-state index in [0.29, 0.717) is 5.56 Å². The van der Waals surface area contributed by atoms with Crippen molar-refractivity contribution in [3.8, 4) is 0 Å². The normalized spacial score (nSPS) is 23.8. The summed E-state index contributed by atoms with van der Waals surface area (Å²) in [7, 11) is 0. The summed E-state index contributed by atoms with van der Waals surface area (Å²) in [6.45, 7) is -0.233. The van der Waals surface area contributed by atoms with Crippen LogP contribution in [-0.2, 0) is 96.8 Å². The van der Waals surface area contributed by atoms with Crippen LogP contribution in [0.1, 0.15) is 88.5 Å². The maximum Gasteiger partial charge on any atom is 0.338 e. The number of halogens is 8. The molecular formula is C75H63Cl8NO25. The molecule has 109 heavy (non-hydrogen) atoms. The second-order valence-corrected chi connectivity index (χ2v) is 28.6. The van der Waals surface area contributed by atoms with E-state index in [0.717, 1.165) is 20.8 Å². The first-order valence-corrected chi connectivity index (χ1v) is 35.9. The summed E-state index contributed by atoms with van der Waals surface area (Å²) in [5, 5.41) is 3.39. The first-order chi connectivity index (χ1) is 52.0. The molecule has 0 aromatic heterocycles. The zero-order valence-electron chi connectivity index (χ0n) is 57.0. The molecule has 15 atom stereocenters. The Balaban J connectivity index is 1.22. The number of hydrogen-bond donors (Lipinski definition) is 1. The molecule has 1 amide bonds. The third-order valence-corrected chi connectivity index (χ3v) is 18.2. The standard InChI is InChI=1S/C75H63Cl8NO25/c1-38(85)95-35-53-57(99-39(2)86)60(100-40(3)87)56(84-74(94)75(81,82)83)71(101-53)109-62-58(104-67(90)42-12-8-5-9-13-42)54(36-96-65(88)43-14-24-48(76)25-15-43)103-73(64(62)107-70(93)47-22-32-52(80)33-23-47)108-59-55(37-97-66(89)44-16-26-49(77)27-17-44)102-72(98-34-41-10-6-4-7-11-41)63(106-69(92)46-20-30-51(79)31-21-46)61(59)105-68(91)45-18-28-50(78)29-19-45/h4-33,53-64,71-73H,34-37H2,1-3H3,(H,84,94)/t53-,54-,55-,56-,57-,58+,59-,60-,61+,62+,63-,64-,71+,72-,73+/m1/s1.